The van der Waals surface area contributed by atoms with Gasteiger partial charge < -0.3 is 14.7 Å². The minimum absolute atomic E-state index is 0.795. The minimum atomic E-state index is 0.795. The molecule has 0 bridgehead atoms. The lowest BCUT2D eigenvalue weighted by Crippen LogP contribution is -1.91. The lowest BCUT2D eigenvalue weighted by atomic mass is 9.97. The molecule has 2 aromatic carbocycles. The molecule has 4 nitrogen and oxygen atoms in total. The Morgan fingerprint density at radius 1 is 0.857 bits per heavy atom. The number of hydrogen-bond acceptors (Lipinski definition) is 4. The summed E-state index contributed by atoms with van der Waals surface area (Å²) >= 11 is 0. The zero-order valence-corrected chi connectivity index (χ0v) is 12.0. The van der Waals surface area contributed by atoms with Crippen LogP contribution in [0.5, 0.6) is 11.5 Å². The maximum atomic E-state index is 8.66. The van der Waals surface area contributed by atoms with Crippen LogP contribution in [-0.2, 0) is 0 Å². The van der Waals surface area contributed by atoms with Crippen molar-refractivity contribution in [3.8, 4) is 11.5 Å². The maximum Gasteiger partial charge on any atom is 0.118 e. The molecule has 0 fully saturated rings. The average molecular weight is 283 g/mol. The molecule has 4 heteroatoms. The molecule has 0 amide bonds. The third-order valence-electron chi connectivity index (χ3n) is 3.11. The summed E-state index contributed by atoms with van der Waals surface area (Å²) in [7, 11) is 3.27. The molecule has 1 N–H and O–H groups in total. The third kappa shape index (κ3) is 3.63. The maximum absolute atomic E-state index is 8.66. The van der Waals surface area contributed by atoms with Crippen molar-refractivity contribution in [1.82, 2.24) is 0 Å². The monoisotopic (exact) mass is 283 g/mol. The van der Waals surface area contributed by atoms with E-state index in [1.807, 2.05) is 48.5 Å². The Kier molecular flexibility index (Phi) is 4.99. The van der Waals surface area contributed by atoms with Crippen molar-refractivity contribution in [2.24, 2.45) is 5.16 Å². The quantitative estimate of drug-likeness (QED) is 0.518. The molecule has 0 saturated carbocycles. The van der Waals surface area contributed by atoms with E-state index in [1.54, 1.807) is 20.3 Å². The normalized spacial score (nSPS) is 10.4. The van der Waals surface area contributed by atoms with Gasteiger partial charge in [0.25, 0.3) is 0 Å². The van der Waals surface area contributed by atoms with Crippen molar-refractivity contribution >= 4 is 11.8 Å². The predicted octanol–water partition coefficient (Wildman–Crippen LogP) is 3.60. The van der Waals surface area contributed by atoms with Crippen LogP contribution in [0.15, 0.2) is 59.8 Å². The smallest absolute Gasteiger partial charge is 0.118 e. The van der Waals surface area contributed by atoms with E-state index in [0.29, 0.717) is 0 Å². The number of nitrogens with zero attached hydrogens (tertiary/aromatic N) is 1. The first kappa shape index (κ1) is 14.7. The zero-order chi connectivity index (χ0) is 15.1. The van der Waals surface area contributed by atoms with Gasteiger partial charge in [0.05, 0.1) is 20.4 Å². The van der Waals surface area contributed by atoms with Gasteiger partial charge >= 0.3 is 0 Å². The number of benzene rings is 2. The van der Waals surface area contributed by atoms with Gasteiger partial charge in [-0.15, -0.1) is 0 Å². The largest absolute Gasteiger partial charge is 0.497 e. The molecule has 0 aliphatic heterocycles. The van der Waals surface area contributed by atoms with Gasteiger partial charge in [0.2, 0.25) is 0 Å². The Morgan fingerprint density at radius 3 is 1.62 bits per heavy atom. The topological polar surface area (TPSA) is 51.0 Å². The summed E-state index contributed by atoms with van der Waals surface area (Å²) in [5.41, 5.74) is 2.94. The van der Waals surface area contributed by atoms with Gasteiger partial charge in [-0.2, -0.15) is 0 Å². The summed E-state index contributed by atoms with van der Waals surface area (Å²) in [6.07, 6.45) is 3.10. The van der Waals surface area contributed by atoms with Crippen molar-refractivity contribution in [3.63, 3.8) is 0 Å². The van der Waals surface area contributed by atoms with E-state index in [-0.39, 0.29) is 0 Å². The number of oxime groups is 1. The first-order valence-electron chi connectivity index (χ1n) is 6.45. The fourth-order valence-electron chi connectivity index (χ4n) is 2.01. The van der Waals surface area contributed by atoms with E-state index in [0.717, 1.165) is 28.2 Å². The lowest BCUT2D eigenvalue weighted by molar-refractivity contribution is 0.322. The molecule has 21 heavy (non-hydrogen) atoms. The van der Waals surface area contributed by atoms with Crippen LogP contribution in [-0.4, -0.2) is 25.6 Å². The Hall–Kier alpha value is -2.75. The number of methoxy groups -OCH3 is 2. The fourth-order valence-corrected chi connectivity index (χ4v) is 2.01. The standard InChI is InChI=1S/C17H17NO3/c1-20-15-7-3-13(4-8-15)17(11-12-18-19)14-5-9-16(21-2)10-6-14/h3-12,19H,1-2H3. The molecule has 0 atom stereocenters. The van der Waals surface area contributed by atoms with E-state index >= 15 is 0 Å². The van der Waals surface area contributed by atoms with Crippen molar-refractivity contribution in [2.75, 3.05) is 14.2 Å². The summed E-state index contributed by atoms with van der Waals surface area (Å²) in [4.78, 5) is 0. The molecule has 0 aliphatic rings. The highest BCUT2D eigenvalue weighted by molar-refractivity contribution is 5.91. The van der Waals surface area contributed by atoms with E-state index in [4.69, 9.17) is 14.7 Å². The van der Waals surface area contributed by atoms with Gasteiger partial charge in [0, 0.05) is 0 Å². The molecule has 2 aromatic rings. The molecule has 108 valence electrons. The SMILES string of the molecule is COc1ccc(C(=CC=NO)c2ccc(OC)cc2)cc1. The van der Waals surface area contributed by atoms with Gasteiger partial charge in [-0.25, -0.2) is 0 Å². The van der Waals surface area contributed by atoms with Gasteiger partial charge in [-0.3, -0.25) is 0 Å². The summed E-state index contributed by atoms with van der Waals surface area (Å²) in [5.74, 6) is 1.59. The summed E-state index contributed by atoms with van der Waals surface area (Å²) in [5, 5.41) is 11.7. The predicted molar refractivity (Wildman–Crippen MR) is 83.3 cm³/mol. The molecule has 0 aromatic heterocycles. The first-order chi connectivity index (χ1) is 10.3. The van der Waals surface area contributed by atoms with Crippen LogP contribution in [0, 0.1) is 0 Å². The summed E-state index contributed by atoms with van der Waals surface area (Å²) in [6, 6.07) is 15.4. The highest BCUT2D eigenvalue weighted by Gasteiger charge is 2.05. The van der Waals surface area contributed by atoms with Crippen LogP contribution in [0.2, 0.25) is 0 Å². The van der Waals surface area contributed by atoms with Crippen LogP contribution < -0.4 is 9.47 Å². The van der Waals surface area contributed by atoms with Crippen LogP contribution >= 0.6 is 0 Å². The van der Waals surface area contributed by atoms with E-state index in [1.165, 1.54) is 6.21 Å². The Labute approximate surface area is 123 Å². The van der Waals surface area contributed by atoms with Crippen LogP contribution in [0.25, 0.3) is 5.57 Å². The van der Waals surface area contributed by atoms with E-state index < -0.39 is 0 Å². The number of ether oxygens (including phenoxy) is 2. The molecule has 0 spiro atoms. The Balaban J connectivity index is 2.41. The van der Waals surface area contributed by atoms with Crippen LogP contribution in [0.4, 0.5) is 0 Å². The lowest BCUT2D eigenvalue weighted by Gasteiger charge is -2.09. The molecule has 0 radical (unpaired) electrons. The molecular formula is C17H17NO3. The molecule has 2 rings (SSSR count). The molecule has 0 heterocycles. The van der Waals surface area contributed by atoms with Gasteiger partial charge in [-0.05, 0) is 47.0 Å². The third-order valence-corrected chi connectivity index (χ3v) is 3.11. The second-order valence-corrected chi connectivity index (χ2v) is 4.30. The van der Waals surface area contributed by atoms with Crippen molar-refractivity contribution < 1.29 is 14.7 Å². The van der Waals surface area contributed by atoms with Crippen molar-refractivity contribution in [2.45, 2.75) is 0 Å². The number of rotatable bonds is 5. The molecule has 0 saturated heterocycles. The first-order valence-corrected chi connectivity index (χ1v) is 6.45. The Bertz CT molecular complexity index is 579. The van der Waals surface area contributed by atoms with Gasteiger partial charge in [0.1, 0.15) is 11.5 Å². The van der Waals surface area contributed by atoms with Crippen molar-refractivity contribution in [3.05, 3.63) is 65.7 Å². The minimum Gasteiger partial charge on any atom is -0.497 e. The summed E-state index contributed by atoms with van der Waals surface area (Å²) in [6.45, 7) is 0. The van der Waals surface area contributed by atoms with Gasteiger partial charge in [0.15, 0.2) is 0 Å². The fraction of sp³-hybridized carbons (Fsp3) is 0.118. The zero-order valence-electron chi connectivity index (χ0n) is 12.0. The molecular weight excluding hydrogens is 266 g/mol. The highest BCUT2D eigenvalue weighted by Crippen LogP contribution is 2.26. The Morgan fingerprint density at radius 2 is 1.29 bits per heavy atom. The highest BCUT2D eigenvalue weighted by atomic mass is 16.5. The second kappa shape index (κ2) is 7.14. The van der Waals surface area contributed by atoms with Gasteiger partial charge in [-0.1, -0.05) is 29.4 Å². The number of hydrogen-bond donors (Lipinski definition) is 1. The molecule has 0 aliphatic carbocycles. The van der Waals surface area contributed by atoms with Crippen LogP contribution in [0.1, 0.15) is 11.1 Å². The molecule has 0 unspecified atom stereocenters. The number of allylic oxidation sites excluding steroid dienone is 1. The van der Waals surface area contributed by atoms with Crippen LogP contribution in [0.3, 0.4) is 0 Å². The van der Waals surface area contributed by atoms with E-state index in [2.05, 4.69) is 5.16 Å². The second-order valence-electron chi connectivity index (χ2n) is 4.30. The van der Waals surface area contributed by atoms with Crippen molar-refractivity contribution in [1.29, 1.82) is 0 Å². The average Bonchev–Trinajstić information content (AvgIpc) is 2.56. The van der Waals surface area contributed by atoms with E-state index in [9.17, 15) is 0 Å². The summed E-state index contributed by atoms with van der Waals surface area (Å²) < 4.78 is 10.3.